The van der Waals surface area contributed by atoms with Gasteiger partial charge < -0.3 is 15.8 Å². The second-order valence-electron chi connectivity index (χ2n) is 6.31. The zero-order valence-corrected chi connectivity index (χ0v) is 13.7. The first-order chi connectivity index (χ1) is 9.87. The Kier molecular flexibility index (Phi) is 3.54. The Morgan fingerprint density at radius 3 is 2.90 bits per heavy atom. The number of rotatable bonds is 2. The van der Waals surface area contributed by atoms with Crippen molar-refractivity contribution >= 4 is 27.7 Å². The lowest BCUT2D eigenvalue weighted by atomic mass is 9.46. The molecule has 1 amide bonds. The van der Waals surface area contributed by atoms with E-state index >= 15 is 0 Å². The first kappa shape index (κ1) is 14.9. The molecule has 1 aromatic rings. The molecule has 0 radical (unpaired) electrons. The molecule has 2 heterocycles. The quantitative estimate of drug-likeness (QED) is 0.843. The third kappa shape index (κ3) is 2.10. The smallest absolute Gasteiger partial charge is 0.246 e. The number of halogens is 1. The molecule has 3 N–H and O–H groups in total. The number of hydrogen-bond donors (Lipinski definition) is 2. The molecule has 0 aromatic carbocycles. The normalized spacial score (nSPS) is 33.7. The molecular formula is C14H19BrN4O2. The number of carbonyl (C=O) groups excluding carboxylic acids is 1. The maximum absolute atomic E-state index is 12.7. The van der Waals surface area contributed by atoms with Gasteiger partial charge in [0.05, 0.1) is 18.5 Å². The average Bonchev–Trinajstić information content (AvgIpc) is 2.48. The predicted octanol–water partition coefficient (Wildman–Crippen LogP) is 1.71. The molecule has 3 unspecified atom stereocenters. The van der Waals surface area contributed by atoms with Crippen molar-refractivity contribution in [3.8, 4) is 0 Å². The molecule has 1 aliphatic carbocycles. The van der Waals surface area contributed by atoms with Crippen molar-refractivity contribution in [2.45, 2.75) is 38.3 Å². The van der Waals surface area contributed by atoms with Gasteiger partial charge in [0.2, 0.25) is 5.91 Å². The molecule has 2 aliphatic rings. The Morgan fingerprint density at radius 1 is 1.48 bits per heavy atom. The largest absolute Gasteiger partial charge is 0.377 e. The van der Waals surface area contributed by atoms with Gasteiger partial charge in [-0.1, -0.05) is 13.8 Å². The van der Waals surface area contributed by atoms with Gasteiger partial charge >= 0.3 is 0 Å². The van der Waals surface area contributed by atoms with Crippen molar-refractivity contribution < 1.29 is 9.53 Å². The van der Waals surface area contributed by atoms with Crippen molar-refractivity contribution in [3.63, 3.8) is 0 Å². The van der Waals surface area contributed by atoms with Crippen LogP contribution >= 0.6 is 15.9 Å². The molecule has 1 aromatic heterocycles. The van der Waals surface area contributed by atoms with E-state index in [2.05, 4.69) is 31.2 Å². The van der Waals surface area contributed by atoms with Crippen LogP contribution in [0, 0.1) is 11.3 Å². The topological polar surface area (TPSA) is 90.1 Å². The predicted molar refractivity (Wildman–Crippen MR) is 81.5 cm³/mol. The molecule has 1 aliphatic heterocycles. The van der Waals surface area contributed by atoms with E-state index in [0.29, 0.717) is 10.4 Å². The minimum atomic E-state index is -0.938. The van der Waals surface area contributed by atoms with Gasteiger partial charge in [0.1, 0.15) is 10.1 Å². The van der Waals surface area contributed by atoms with Crippen LogP contribution in [0.3, 0.4) is 0 Å². The lowest BCUT2D eigenvalue weighted by Gasteiger charge is -2.65. The standard InChI is InChI=1S/C14H19BrN4O2/c1-13(2)11-8(4-3-5-21-11)14(13,16)12(20)19-10-7-17-9(15)6-18-10/h6-8,11H,3-5,16H2,1-2H3,(H,18,19,20). The summed E-state index contributed by atoms with van der Waals surface area (Å²) in [6.07, 6.45) is 4.97. The highest BCUT2D eigenvalue weighted by Crippen LogP contribution is 2.57. The van der Waals surface area contributed by atoms with E-state index in [9.17, 15) is 4.79 Å². The van der Waals surface area contributed by atoms with Crippen LogP contribution in [0.25, 0.3) is 0 Å². The van der Waals surface area contributed by atoms with E-state index in [1.807, 2.05) is 13.8 Å². The molecular weight excluding hydrogens is 336 g/mol. The fourth-order valence-electron chi connectivity index (χ4n) is 3.63. The first-order valence-corrected chi connectivity index (χ1v) is 7.86. The summed E-state index contributed by atoms with van der Waals surface area (Å²) in [6.45, 7) is 4.74. The van der Waals surface area contributed by atoms with Crippen LogP contribution < -0.4 is 11.1 Å². The Labute approximate surface area is 132 Å². The molecule has 3 atom stereocenters. The van der Waals surface area contributed by atoms with Gasteiger partial charge in [-0.2, -0.15) is 0 Å². The Morgan fingerprint density at radius 2 is 2.24 bits per heavy atom. The number of amides is 1. The molecule has 21 heavy (non-hydrogen) atoms. The van der Waals surface area contributed by atoms with Crippen molar-refractivity contribution in [1.82, 2.24) is 9.97 Å². The Balaban J connectivity index is 1.81. The van der Waals surface area contributed by atoms with E-state index in [-0.39, 0.29) is 17.9 Å². The van der Waals surface area contributed by atoms with E-state index in [1.54, 1.807) is 0 Å². The second-order valence-corrected chi connectivity index (χ2v) is 7.12. The zero-order valence-electron chi connectivity index (χ0n) is 12.1. The summed E-state index contributed by atoms with van der Waals surface area (Å²) in [4.78, 5) is 20.9. The minimum Gasteiger partial charge on any atom is -0.377 e. The highest BCUT2D eigenvalue weighted by atomic mass is 79.9. The first-order valence-electron chi connectivity index (χ1n) is 7.07. The number of nitrogens with one attached hydrogen (secondary N) is 1. The molecule has 114 valence electrons. The van der Waals surface area contributed by atoms with E-state index in [4.69, 9.17) is 10.5 Å². The van der Waals surface area contributed by atoms with Crippen molar-refractivity contribution in [3.05, 3.63) is 17.0 Å². The molecule has 1 saturated carbocycles. The van der Waals surface area contributed by atoms with Crippen LogP contribution in [0.5, 0.6) is 0 Å². The van der Waals surface area contributed by atoms with Gasteiger partial charge in [-0.15, -0.1) is 0 Å². The third-order valence-corrected chi connectivity index (χ3v) is 5.33. The number of hydrogen-bond acceptors (Lipinski definition) is 5. The summed E-state index contributed by atoms with van der Waals surface area (Å²) < 4.78 is 6.43. The van der Waals surface area contributed by atoms with Crippen LogP contribution in [0.15, 0.2) is 17.0 Å². The summed E-state index contributed by atoms with van der Waals surface area (Å²) in [6, 6.07) is 0. The lowest BCUT2D eigenvalue weighted by Crippen LogP contribution is -2.81. The van der Waals surface area contributed by atoms with Gasteiger partial charge in [-0.3, -0.25) is 4.79 Å². The van der Waals surface area contributed by atoms with Crippen molar-refractivity contribution in [2.24, 2.45) is 17.1 Å². The van der Waals surface area contributed by atoms with Gasteiger partial charge in [0.15, 0.2) is 5.82 Å². The SMILES string of the molecule is CC1(C)C2OCCCC2C1(N)C(=O)Nc1cnc(Br)cn1. The molecule has 3 rings (SSSR count). The van der Waals surface area contributed by atoms with E-state index in [1.165, 1.54) is 12.4 Å². The van der Waals surface area contributed by atoms with E-state index in [0.717, 1.165) is 19.4 Å². The Hall–Kier alpha value is -1.05. The van der Waals surface area contributed by atoms with E-state index < -0.39 is 11.0 Å². The number of aromatic nitrogens is 2. The number of carbonyl (C=O) groups is 1. The van der Waals surface area contributed by atoms with Gasteiger partial charge in [0, 0.05) is 17.9 Å². The summed E-state index contributed by atoms with van der Waals surface area (Å²) in [7, 11) is 0. The van der Waals surface area contributed by atoms with Crippen LogP contribution in [0.4, 0.5) is 5.82 Å². The summed E-state index contributed by atoms with van der Waals surface area (Å²) in [5.74, 6) is 0.254. The van der Waals surface area contributed by atoms with Gasteiger partial charge in [-0.25, -0.2) is 9.97 Å². The number of fused-ring (bicyclic) bond motifs is 1. The van der Waals surface area contributed by atoms with Crippen LogP contribution in [-0.4, -0.2) is 34.1 Å². The fraction of sp³-hybridized carbons (Fsp3) is 0.643. The minimum absolute atomic E-state index is 0.0537. The summed E-state index contributed by atoms with van der Waals surface area (Å²) in [5, 5.41) is 2.79. The lowest BCUT2D eigenvalue weighted by molar-refractivity contribution is -0.222. The number of nitrogens with two attached hydrogens (primary N) is 1. The van der Waals surface area contributed by atoms with Gasteiger partial charge in [0.25, 0.3) is 0 Å². The van der Waals surface area contributed by atoms with Crippen molar-refractivity contribution in [1.29, 1.82) is 0 Å². The van der Waals surface area contributed by atoms with Crippen LogP contribution in [-0.2, 0) is 9.53 Å². The number of ether oxygens (including phenoxy) is 1. The highest BCUT2D eigenvalue weighted by molar-refractivity contribution is 9.10. The van der Waals surface area contributed by atoms with Crippen LogP contribution in [0.2, 0.25) is 0 Å². The molecule has 0 bridgehead atoms. The molecule has 6 nitrogen and oxygen atoms in total. The molecule has 2 fully saturated rings. The maximum atomic E-state index is 12.7. The third-order valence-electron chi connectivity index (χ3n) is 4.92. The maximum Gasteiger partial charge on any atom is 0.246 e. The summed E-state index contributed by atoms with van der Waals surface area (Å²) in [5.41, 5.74) is 5.17. The van der Waals surface area contributed by atoms with Crippen LogP contribution in [0.1, 0.15) is 26.7 Å². The zero-order chi connectivity index (χ0) is 15.3. The highest BCUT2D eigenvalue weighted by Gasteiger charge is 2.70. The van der Waals surface area contributed by atoms with Crippen molar-refractivity contribution in [2.75, 3.05) is 11.9 Å². The second kappa shape index (κ2) is 5.00. The fourth-order valence-corrected chi connectivity index (χ4v) is 3.84. The van der Waals surface area contributed by atoms with Gasteiger partial charge in [-0.05, 0) is 28.8 Å². The molecule has 0 spiro atoms. The Bertz CT molecular complexity index is 563. The number of nitrogens with zero attached hydrogens (tertiary/aromatic N) is 2. The molecule has 1 saturated heterocycles. The number of anilines is 1. The summed E-state index contributed by atoms with van der Waals surface area (Å²) >= 11 is 3.21. The molecule has 7 heteroatoms. The average molecular weight is 355 g/mol. The monoisotopic (exact) mass is 354 g/mol.